The molecule has 2 aliphatic rings. The van der Waals surface area contributed by atoms with Gasteiger partial charge in [0.25, 0.3) is 0 Å². The topological polar surface area (TPSA) is 84.1 Å². The van der Waals surface area contributed by atoms with E-state index >= 15 is 0 Å². The number of nitrogens with two attached hydrogens (primary N) is 1. The van der Waals surface area contributed by atoms with Gasteiger partial charge in [0, 0.05) is 61.2 Å². The molecule has 2 aromatic heterocycles. The molecule has 7 nitrogen and oxygen atoms in total. The van der Waals surface area contributed by atoms with Crippen molar-refractivity contribution in [3.63, 3.8) is 0 Å². The lowest BCUT2D eigenvalue weighted by Crippen LogP contribution is -2.47. The zero-order chi connectivity index (χ0) is 17.4. The Morgan fingerprint density at radius 1 is 0.889 bits per heavy atom. The second kappa shape index (κ2) is 8.99. The first-order valence-electron chi connectivity index (χ1n) is 8.97. The number of hydrogen-bond donors (Lipinski definition) is 1. The fourth-order valence-corrected chi connectivity index (χ4v) is 3.65. The van der Waals surface area contributed by atoms with E-state index in [9.17, 15) is 0 Å². The van der Waals surface area contributed by atoms with Crippen molar-refractivity contribution in [3.8, 4) is 0 Å². The lowest BCUT2D eigenvalue weighted by atomic mass is 9.78. The molecule has 2 fully saturated rings. The van der Waals surface area contributed by atoms with E-state index in [0.717, 1.165) is 62.0 Å². The zero-order valence-corrected chi connectivity index (χ0v) is 17.3. The van der Waals surface area contributed by atoms with E-state index in [1.165, 1.54) is 5.56 Å². The van der Waals surface area contributed by atoms with Crippen LogP contribution in [0.15, 0.2) is 18.7 Å². The van der Waals surface area contributed by atoms with Crippen LogP contribution < -0.4 is 15.5 Å². The Morgan fingerprint density at radius 3 is 2.19 bits per heavy atom. The summed E-state index contributed by atoms with van der Waals surface area (Å²) in [6, 6.07) is 2.48. The van der Waals surface area contributed by atoms with Crippen LogP contribution in [0.25, 0.3) is 0 Å². The highest BCUT2D eigenvalue weighted by atomic mass is 35.5. The molecule has 0 unspecified atom stereocenters. The van der Waals surface area contributed by atoms with Gasteiger partial charge in [-0.1, -0.05) is 0 Å². The summed E-state index contributed by atoms with van der Waals surface area (Å²) in [6.45, 7) is 7.87. The van der Waals surface area contributed by atoms with Crippen molar-refractivity contribution in [3.05, 3.63) is 35.7 Å². The number of hydrogen-bond acceptors (Lipinski definition) is 7. The van der Waals surface area contributed by atoms with E-state index in [2.05, 4.69) is 42.7 Å². The van der Waals surface area contributed by atoms with Crippen molar-refractivity contribution >= 4 is 36.4 Å². The van der Waals surface area contributed by atoms with Gasteiger partial charge in [0.15, 0.2) is 0 Å². The average Bonchev–Trinajstić information content (AvgIpc) is 2.62. The maximum Gasteiger partial charge on any atom is 0.135 e. The summed E-state index contributed by atoms with van der Waals surface area (Å²) < 4.78 is 0. The van der Waals surface area contributed by atoms with Gasteiger partial charge in [-0.15, -0.1) is 24.8 Å². The van der Waals surface area contributed by atoms with E-state index in [-0.39, 0.29) is 24.8 Å². The molecule has 148 valence electrons. The number of anilines is 2. The van der Waals surface area contributed by atoms with Crippen LogP contribution in [0.2, 0.25) is 0 Å². The quantitative estimate of drug-likeness (QED) is 0.828. The third-order valence-corrected chi connectivity index (χ3v) is 5.48. The Balaban J connectivity index is 0.00000131. The van der Waals surface area contributed by atoms with Crippen LogP contribution in [0.4, 0.5) is 11.6 Å². The second-order valence-electron chi connectivity index (χ2n) is 7.11. The zero-order valence-electron chi connectivity index (χ0n) is 15.7. The molecular formula is C18H27Cl2N7. The minimum Gasteiger partial charge on any atom is -0.353 e. The molecule has 1 aliphatic heterocycles. The summed E-state index contributed by atoms with van der Waals surface area (Å²) in [4.78, 5) is 22.4. The molecule has 9 heteroatoms. The first-order valence-corrected chi connectivity index (χ1v) is 8.97. The first-order chi connectivity index (χ1) is 12.1. The highest BCUT2D eigenvalue weighted by Gasteiger charge is 2.29. The summed E-state index contributed by atoms with van der Waals surface area (Å²) in [7, 11) is 0. The van der Waals surface area contributed by atoms with Crippen LogP contribution in [0.3, 0.4) is 0 Å². The van der Waals surface area contributed by atoms with Gasteiger partial charge in [-0.3, -0.25) is 0 Å². The van der Waals surface area contributed by atoms with Crippen molar-refractivity contribution in [2.24, 2.45) is 5.73 Å². The predicted octanol–water partition coefficient (Wildman–Crippen LogP) is 2.26. The molecule has 1 saturated heterocycles. The molecule has 0 bridgehead atoms. The van der Waals surface area contributed by atoms with Gasteiger partial charge in [0.1, 0.15) is 24.3 Å². The van der Waals surface area contributed by atoms with Gasteiger partial charge < -0.3 is 15.5 Å². The third-order valence-electron chi connectivity index (χ3n) is 5.48. The van der Waals surface area contributed by atoms with Crippen molar-refractivity contribution in [1.29, 1.82) is 0 Å². The smallest absolute Gasteiger partial charge is 0.135 e. The second-order valence-corrected chi connectivity index (χ2v) is 7.11. The lowest BCUT2D eigenvalue weighted by Gasteiger charge is -2.37. The van der Waals surface area contributed by atoms with Crippen molar-refractivity contribution in [2.75, 3.05) is 36.0 Å². The predicted molar refractivity (Wildman–Crippen MR) is 112 cm³/mol. The van der Waals surface area contributed by atoms with Crippen LogP contribution >= 0.6 is 24.8 Å². The number of aryl methyl sites for hydroxylation is 1. The molecular weight excluding hydrogens is 385 g/mol. The van der Waals surface area contributed by atoms with E-state index in [4.69, 9.17) is 5.73 Å². The maximum absolute atomic E-state index is 5.91. The molecule has 4 rings (SSSR count). The van der Waals surface area contributed by atoms with Gasteiger partial charge in [0.05, 0.1) is 0 Å². The Kier molecular flexibility index (Phi) is 7.19. The summed E-state index contributed by atoms with van der Waals surface area (Å²) in [5.74, 6) is 2.59. The van der Waals surface area contributed by atoms with E-state index in [0.29, 0.717) is 12.0 Å². The van der Waals surface area contributed by atoms with E-state index < -0.39 is 0 Å². The molecule has 1 saturated carbocycles. The molecule has 0 atom stereocenters. The minimum absolute atomic E-state index is 0. The maximum atomic E-state index is 5.91. The van der Waals surface area contributed by atoms with Gasteiger partial charge in [-0.05, 0) is 26.7 Å². The van der Waals surface area contributed by atoms with Crippen LogP contribution in [-0.4, -0.2) is 52.2 Å². The van der Waals surface area contributed by atoms with E-state index in [1.807, 2.05) is 6.92 Å². The standard InChI is InChI=1S/C18H25N7.2ClH/c1-12-13(2)20-10-23-18(12)25-5-3-24(4-6-25)17-9-16(21-11-22-17)14-7-15(19)8-14;;/h9-11,14-15H,3-8,19H2,1-2H3;2*1H. The largest absolute Gasteiger partial charge is 0.353 e. The van der Waals surface area contributed by atoms with Crippen LogP contribution in [0.5, 0.6) is 0 Å². The monoisotopic (exact) mass is 411 g/mol. The molecule has 2 aromatic rings. The van der Waals surface area contributed by atoms with Crippen molar-refractivity contribution < 1.29 is 0 Å². The minimum atomic E-state index is 0. The van der Waals surface area contributed by atoms with Crippen molar-refractivity contribution in [2.45, 2.75) is 38.6 Å². The first kappa shape index (κ1) is 21.6. The number of piperazine rings is 1. The average molecular weight is 412 g/mol. The normalized spacial score (nSPS) is 21.7. The highest BCUT2D eigenvalue weighted by molar-refractivity contribution is 5.85. The molecule has 0 amide bonds. The number of halogens is 2. The van der Waals surface area contributed by atoms with Crippen LogP contribution in [0, 0.1) is 13.8 Å². The summed E-state index contributed by atoms with van der Waals surface area (Å²) >= 11 is 0. The van der Waals surface area contributed by atoms with Gasteiger partial charge in [-0.25, -0.2) is 19.9 Å². The third kappa shape index (κ3) is 4.42. The van der Waals surface area contributed by atoms with E-state index in [1.54, 1.807) is 12.7 Å². The SMILES string of the molecule is Cc1ncnc(N2CCN(c3cc(C4CC(N)C4)ncn3)CC2)c1C.Cl.Cl. The van der Waals surface area contributed by atoms with Gasteiger partial charge in [0.2, 0.25) is 0 Å². The molecule has 0 radical (unpaired) electrons. The van der Waals surface area contributed by atoms with Crippen LogP contribution in [0.1, 0.15) is 35.7 Å². The van der Waals surface area contributed by atoms with Gasteiger partial charge in [-0.2, -0.15) is 0 Å². The summed E-state index contributed by atoms with van der Waals surface area (Å²) in [5.41, 5.74) is 9.26. The fourth-order valence-electron chi connectivity index (χ4n) is 3.65. The van der Waals surface area contributed by atoms with Crippen LogP contribution in [-0.2, 0) is 0 Å². The molecule has 3 heterocycles. The molecule has 1 aliphatic carbocycles. The number of rotatable bonds is 3. The molecule has 2 N–H and O–H groups in total. The Labute approximate surface area is 172 Å². The summed E-state index contributed by atoms with van der Waals surface area (Å²) in [6.07, 6.45) is 5.43. The Morgan fingerprint density at radius 2 is 1.52 bits per heavy atom. The van der Waals surface area contributed by atoms with Crippen molar-refractivity contribution in [1.82, 2.24) is 19.9 Å². The van der Waals surface area contributed by atoms with Gasteiger partial charge >= 0.3 is 0 Å². The summed E-state index contributed by atoms with van der Waals surface area (Å²) in [5, 5.41) is 0. The lowest BCUT2D eigenvalue weighted by molar-refractivity contribution is 0.345. The number of nitrogens with zero attached hydrogens (tertiary/aromatic N) is 6. The molecule has 0 spiro atoms. The number of aromatic nitrogens is 4. The molecule has 27 heavy (non-hydrogen) atoms. The Bertz CT molecular complexity index is 759. The fraction of sp³-hybridized carbons (Fsp3) is 0.556. The highest BCUT2D eigenvalue weighted by Crippen LogP contribution is 2.35. The Hall–Kier alpha value is -1.70. The molecule has 0 aromatic carbocycles.